The van der Waals surface area contributed by atoms with Crippen LogP contribution >= 0.6 is 0 Å². The first kappa shape index (κ1) is 12.7. The minimum atomic E-state index is -0.206. The molecule has 3 N–H and O–H groups in total. The van der Waals surface area contributed by atoms with Crippen molar-refractivity contribution >= 4 is 5.91 Å². The fourth-order valence-corrected chi connectivity index (χ4v) is 1.83. The standard InChI is InChI=1S/C13H18N2O3/c1-17-9-3-4-10(11(7-9)18-2)12(16)15-13(8-14)5-6-13/h3-4,7H,5-6,8,14H2,1-2H3,(H,15,16). The average molecular weight is 250 g/mol. The molecule has 1 aromatic rings. The van der Waals surface area contributed by atoms with Gasteiger partial charge in [-0.3, -0.25) is 4.79 Å². The van der Waals surface area contributed by atoms with Gasteiger partial charge < -0.3 is 20.5 Å². The van der Waals surface area contributed by atoms with Crippen LogP contribution in [0.2, 0.25) is 0 Å². The van der Waals surface area contributed by atoms with Crippen LogP contribution in [0.1, 0.15) is 23.2 Å². The van der Waals surface area contributed by atoms with Crippen LogP contribution in [-0.2, 0) is 0 Å². The van der Waals surface area contributed by atoms with E-state index >= 15 is 0 Å². The van der Waals surface area contributed by atoms with Crippen molar-refractivity contribution in [3.8, 4) is 11.5 Å². The normalized spacial score (nSPS) is 15.9. The fraction of sp³-hybridized carbons (Fsp3) is 0.462. The Bertz CT molecular complexity index is 456. The highest BCUT2D eigenvalue weighted by atomic mass is 16.5. The van der Waals surface area contributed by atoms with Gasteiger partial charge in [0.05, 0.1) is 25.3 Å². The molecule has 98 valence electrons. The second-order valence-corrected chi connectivity index (χ2v) is 4.50. The number of rotatable bonds is 5. The van der Waals surface area contributed by atoms with Crippen LogP contribution in [0, 0.1) is 0 Å². The van der Waals surface area contributed by atoms with Gasteiger partial charge in [-0.15, -0.1) is 0 Å². The number of hydrogen-bond donors (Lipinski definition) is 2. The monoisotopic (exact) mass is 250 g/mol. The number of ether oxygens (including phenoxy) is 2. The first-order valence-corrected chi connectivity index (χ1v) is 5.89. The van der Waals surface area contributed by atoms with Crippen LogP contribution in [0.15, 0.2) is 18.2 Å². The van der Waals surface area contributed by atoms with Crippen LogP contribution in [0.5, 0.6) is 11.5 Å². The maximum atomic E-state index is 12.2. The summed E-state index contributed by atoms with van der Waals surface area (Å²) in [6.07, 6.45) is 1.88. The molecule has 1 aliphatic rings. The van der Waals surface area contributed by atoms with Crippen LogP contribution < -0.4 is 20.5 Å². The molecule has 1 amide bonds. The molecule has 0 saturated heterocycles. The van der Waals surface area contributed by atoms with Gasteiger partial charge in [0.15, 0.2) is 0 Å². The van der Waals surface area contributed by atoms with Crippen molar-refractivity contribution in [2.75, 3.05) is 20.8 Å². The van der Waals surface area contributed by atoms with Gasteiger partial charge in [-0.1, -0.05) is 0 Å². The van der Waals surface area contributed by atoms with Crippen molar-refractivity contribution in [2.24, 2.45) is 5.73 Å². The molecule has 1 aromatic carbocycles. The molecule has 0 heterocycles. The van der Waals surface area contributed by atoms with Crippen molar-refractivity contribution in [3.05, 3.63) is 23.8 Å². The Labute approximate surface area is 106 Å². The molecule has 5 nitrogen and oxygen atoms in total. The van der Waals surface area contributed by atoms with Gasteiger partial charge in [-0.25, -0.2) is 0 Å². The smallest absolute Gasteiger partial charge is 0.255 e. The predicted molar refractivity (Wildman–Crippen MR) is 68.0 cm³/mol. The van der Waals surface area contributed by atoms with Gasteiger partial charge >= 0.3 is 0 Å². The summed E-state index contributed by atoms with van der Waals surface area (Å²) in [5, 5.41) is 2.96. The summed E-state index contributed by atoms with van der Waals surface area (Å²) in [5.41, 5.74) is 5.94. The Morgan fingerprint density at radius 1 is 1.39 bits per heavy atom. The largest absolute Gasteiger partial charge is 0.497 e. The highest BCUT2D eigenvalue weighted by molar-refractivity contribution is 5.97. The molecule has 18 heavy (non-hydrogen) atoms. The lowest BCUT2D eigenvalue weighted by molar-refractivity contribution is 0.0930. The van der Waals surface area contributed by atoms with E-state index in [9.17, 15) is 4.79 Å². The molecule has 5 heteroatoms. The van der Waals surface area contributed by atoms with E-state index in [-0.39, 0.29) is 11.4 Å². The van der Waals surface area contributed by atoms with Crippen LogP contribution in [-0.4, -0.2) is 32.2 Å². The second kappa shape index (κ2) is 4.86. The van der Waals surface area contributed by atoms with Crippen molar-refractivity contribution in [1.82, 2.24) is 5.32 Å². The van der Waals surface area contributed by atoms with Gasteiger partial charge in [0.1, 0.15) is 11.5 Å². The number of carbonyl (C=O) groups excluding carboxylic acids is 1. The lowest BCUT2D eigenvalue weighted by Gasteiger charge is -2.16. The van der Waals surface area contributed by atoms with Crippen LogP contribution in [0.25, 0.3) is 0 Å². The van der Waals surface area contributed by atoms with Crippen molar-refractivity contribution in [3.63, 3.8) is 0 Å². The van der Waals surface area contributed by atoms with E-state index in [2.05, 4.69) is 5.32 Å². The number of methoxy groups -OCH3 is 2. The third kappa shape index (κ3) is 2.41. The lowest BCUT2D eigenvalue weighted by atomic mass is 10.1. The number of benzene rings is 1. The van der Waals surface area contributed by atoms with E-state index in [1.165, 1.54) is 7.11 Å². The lowest BCUT2D eigenvalue weighted by Crippen LogP contribution is -2.42. The third-order valence-corrected chi connectivity index (χ3v) is 3.28. The maximum absolute atomic E-state index is 12.2. The zero-order valence-electron chi connectivity index (χ0n) is 10.7. The minimum Gasteiger partial charge on any atom is -0.497 e. The first-order chi connectivity index (χ1) is 8.64. The van der Waals surface area contributed by atoms with E-state index < -0.39 is 0 Å². The molecule has 0 spiro atoms. The Kier molecular flexibility index (Phi) is 3.43. The summed E-state index contributed by atoms with van der Waals surface area (Å²) in [7, 11) is 3.10. The molecular weight excluding hydrogens is 232 g/mol. The Balaban J connectivity index is 2.19. The molecule has 1 saturated carbocycles. The molecule has 1 aliphatic carbocycles. The SMILES string of the molecule is COc1ccc(C(=O)NC2(CN)CC2)c(OC)c1. The van der Waals surface area contributed by atoms with E-state index in [1.54, 1.807) is 25.3 Å². The van der Waals surface area contributed by atoms with Crippen molar-refractivity contribution in [2.45, 2.75) is 18.4 Å². The summed E-state index contributed by atoms with van der Waals surface area (Å²) >= 11 is 0. The third-order valence-electron chi connectivity index (χ3n) is 3.28. The van der Waals surface area contributed by atoms with E-state index in [1.807, 2.05) is 0 Å². The van der Waals surface area contributed by atoms with Gasteiger partial charge in [0.25, 0.3) is 5.91 Å². The topological polar surface area (TPSA) is 73.6 Å². The van der Waals surface area contributed by atoms with Crippen LogP contribution in [0.3, 0.4) is 0 Å². The summed E-state index contributed by atoms with van der Waals surface area (Å²) in [4.78, 5) is 12.2. The Hall–Kier alpha value is -1.75. The number of amides is 1. The molecule has 0 atom stereocenters. The first-order valence-electron chi connectivity index (χ1n) is 5.89. The fourth-order valence-electron chi connectivity index (χ4n) is 1.83. The van der Waals surface area contributed by atoms with Gasteiger partial charge in [0.2, 0.25) is 0 Å². The molecule has 1 fully saturated rings. The van der Waals surface area contributed by atoms with E-state index in [4.69, 9.17) is 15.2 Å². The second-order valence-electron chi connectivity index (χ2n) is 4.50. The highest BCUT2D eigenvalue weighted by Gasteiger charge is 2.43. The summed E-state index contributed by atoms with van der Waals surface area (Å²) in [6.45, 7) is 0.469. The molecule has 0 aliphatic heterocycles. The molecule has 2 rings (SSSR count). The summed E-state index contributed by atoms with van der Waals surface area (Å²) < 4.78 is 10.3. The summed E-state index contributed by atoms with van der Waals surface area (Å²) in [5.74, 6) is 1.00. The Morgan fingerprint density at radius 3 is 2.61 bits per heavy atom. The quantitative estimate of drug-likeness (QED) is 0.815. The molecule has 0 radical (unpaired) electrons. The predicted octanol–water partition coefficient (Wildman–Crippen LogP) is 0.925. The van der Waals surface area contributed by atoms with Gasteiger partial charge in [-0.2, -0.15) is 0 Å². The molecule has 0 bridgehead atoms. The zero-order chi connectivity index (χ0) is 13.2. The van der Waals surface area contributed by atoms with Gasteiger partial charge in [0, 0.05) is 12.6 Å². The molecule has 0 unspecified atom stereocenters. The maximum Gasteiger partial charge on any atom is 0.255 e. The van der Waals surface area contributed by atoms with Gasteiger partial charge in [-0.05, 0) is 25.0 Å². The van der Waals surface area contributed by atoms with E-state index in [0.29, 0.717) is 23.6 Å². The average Bonchev–Trinajstić information content (AvgIpc) is 3.18. The number of nitrogens with two attached hydrogens (primary N) is 1. The highest BCUT2D eigenvalue weighted by Crippen LogP contribution is 2.35. The number of nitrogens with one attached hydrogen (secondary N) is 1. The number of hydrogen-bond acceptors (Lipinski definition) is 4. The Morgan fingerprint density at radius 2 is 2.11 bits per heavy atom. The van der Waals surface area contributed by atoms with E-state index in [0.717, 1.165) is 12.8 Å². The zero-order valence-corrected chi connectivity index (χ0v) is 10.7. The molecular formula is C13H18N2O3. The summed E-state index contributed by atoms with van der Waals surface area (Å²) in [6, 6.07) is 5.12. The minimum absolute atomic E-state index is 0.155. The number of carbonyl (C=O) groups is 1. The van der Waals surface area contributed by atoms with Crippen molar-refractivity contribution < 1.29 is 14.3 Å². The van der Waals surface area contributed by atoms with Crippen LogP contribution in [0.4, 0.5) is 0 Å². The van der Waals surface area contributed by atoms with Crippen molar-refractivity contribution in [1.29, 1.82) is 0 Å². The molecule has 0 aromatic heterocycles.